The molecule has 0 spiro atoms. The van der Waals surface area contributed by atoms with Crippen LogP contribution in [0.4, 0.5) is 10.1 Å². The van der Waals surface area contributed by atoms with Gasteiger partial charge >= 0.3 is 5.97 Å². The lowest BCUT2D eigenvalue weighted by atomic mass is 10.2. The minimum absolute atomic E-state index is 0.000137. The van der Waals surface area contributed by atoms with E-state index in [0.29, 0.717) is 11.3 Å². The molecule has 0 aliphatic carbocycles. The van der Waals surface area contributed by atoms with E-state index in [0.717, 1.165) is 0 Å². The van der Waals surface area contributed by atoms with Crippen molar-refractivity contribution in [2.24, 2.45) is 0 Å². The normalized spacial score (nSPS) is 10.0. The fraction of sp³-hybridized carbons (Fsp3) is 0.176. The Labute approximate surface area is 127 Å². The highest BCUT2D eigenvalue weighted by molar-refractivity contribution is 5.92. The van der Waals surface area contributed by atoms with Crippen LogP contribution in [0.25, 0.3) is 0 Å². The maximum atomic E-state index is 12.7. The number of halogens is 1. The number of carbonyl (C=O) groups excluding carboxylic acids is 2. The first-order chi connectivity index (χ1) is 10.6. The van der Waals surface area contributed by atoms with Crippen molar-refractivity contribution in [1.82, 2.24) is 0 Å². The van der Waals surface area contributed by atoms with E-state index in [-0.39, 0.29) is 31.2 Å². The zero-order valence-corrected chi connectivity index (χ0v) is 11.9. The van der Waals surface area contributed by atoms with Crippen molar-refractivity contribution in [3.05, 3.63) is 66.0 Å². The van der Waals surface area contributed by atoms with Crippen LogP contribution in [0.3, 0.4) is 0 Å². The predicted molar refractivity (Wildman–Crippen MR) is 80.5 cm³/mol. The molecule has 0 aromatic heterocycles. The molecule has 2 aromatic rings. The molecule has 1 amide bonds. The van der Waals surface area contributed by atoms with Crippen LogP contribution < -0.4 is 5.32 Å². The van der Waals surface area contributed by atoms with Crippen molar-refractivity contribution >= 4 is 17.6 Å². The largest absolute Gasteiger partial charge is 0.461 e. The second-order valence-electron chi connectivity index (χ2n) is 4.70. The van der Waals surface area contributed by atoms with E-state index in [9.17, 15) is 14.0 Å². The minimum atomic E-state index is -0.465. The Balaban J connectivity index is 1.69. The topological polar surface area (TPSA) is 55.4 Å². The number of esters is 1. The van der Waals surface area contributed by atoms with E-state index in [1.54, 1.807) is 24.3 Å². The van der Waals surface area contributed by atoms with Crippen LogP contribution in [0.15, 0.2) is 54.6 Å². The lowest BCUT2D eigenvalue weighted by molar-refractivity contribution is -0.145. The summed E-state index contributed by atoms with van der Waals surface area (Å²) >= 11 is 0. The van der Waals surface area contributed by atoms with E-state index >= 15 is 0 Å². The number of hydrogen-bond donors (Lipinski definition) is 1. The van der Waals surface area contributed by atoms with Gasteiger partial charge in [0.05, 0.1) is 6.42 Å². The quantitative estimate of drug-likeness (QED) is 0.833. The summed E-state index contributed by atoms with van der Waals surface area (Å²) in [4.78, 5) is 23.2. The third-order valence-electron chi connectivity index (χ3n) is 2.93. The monoisotopic (exact) mass is 301 g/mol. The summed E-state index contributed by atoms with van der Waals surface area (Å²) in [6.45, 7) is 0.0689. The number of rotatable bonds is 6. The summed E-state index contributed by atoms with van der Waals surface area (Å²) < 4.78 is 17.7. The van der Waals surface area contributed by atoms with E-state index in [1.807, 2.05) is 18.2 Å². The molecular weight excluding hydrogens is 285 g/mol. The van der Waals surface area contributed by atoms with Gasteiger partial charge in [0.15, 0.2) is 0 Å². The molecule has 0 radical (unpaired) electrons. The molecule has 0 unspecified atom stereocenters. The van der Waals surface area contributed by atoms with Gasteiger partial charge in [0.2, 0.25) is 5.91 Å². The Morgan fingerprint density at radius 3 is 2.32 bits per heavy atom. The molecular formula is C17H16FNO3. The van der Waals surface area contributed by atoms with Gasteiger partial charge in [0.25, 0.3) is 0 Å². The Bertz CT molecular complexity index is 626. The van der Waals surface area contributed by atoms with Crippen molar-refractivity contribution in [3.63, 3.8) is 0 Å². The second kappa shape index (κ2) is 7.93. The van der Waals surface area contributed by atoms with Gasteiger partial charge in [0, 0.05) is 12.1 Å². The van der Waals surface area contributed by atoms with Crippen molar-refractivity contribution in [2.45, 2.75) is 19.4 Å². The Morgan fingerprint density at radius 2 is 1.64 bits per heavy atom. The maximum Gasteiger partial charge on any atom is 0.306 e. The van der Waals surface area contributed by atoms with Crippen molar-refractivity contribution in [3.8, 4) is 0 Å². The molecule has 0 atom stereocenters. The number of ether oxygens (including phenoxy) is 1. The number of nitrogens with one attached hydrogen (secondary N) is 1. The van der Waals surface area contributed by atoms with Gasteiger partial charge < -0.3 is 10.1 Å². The number of hydrogen-bond acceptors (Lipinski definition) is 3. The summed E-state index contributed by atoms with van der Waals surface area (Å²) in [6, 6.07) is 14.7. The van der Waals surface area contributed by atoms with Crippen molar-refractivity contribution in [2.75, 3.05) is 5.32 Å². The van der Waals surface area contributed by atoms with E-state index in [2.05, 4.69) is 5.32 Å². The molecule has 2 aromatic carbocycles. The highest BCUT2D eigenvalue weighted by Gasteiger charge is 2.08. The zero-order valence-electron chi connectivity index (χ0n) is 11.9. The summed E-state index contributed by atoms with van der Waals surface area (Å²) in [5.74, 6) is -1.05. The minimum Gasteiger partial charge on any atom is -0.461 e. The van der Waals surface area contributed by atoms with Gasteiger partial charge in [0.1, 0.15) is 12.4 Å². The molecule has 22 heavy (non-hydrogen) atoms. The molecule has 4 nitrogen and oxygen atoms in total. The van der Waals surface area contributed by atoms with E-state index in [4.69, 9.17) is 4.74 Å². The number of benzene rings is 2. The van der Waals surface area contributed by atoms with Gasteiger partial charge in [-0.3, -0.25) is 9.59 Å². The smallest absolute Gasteiger partial charge is 0.306 e. The fourth-order valence-electron chi connectivity index (χ4n) is 1.78. The maximum absolute atomic E-state index is 12.7. The zero-order chi connectivity index (χ0) is 15.8. The van der Waals surface area contributed by atoms with Crippen LogP contribution in [0.2, 0.25) is 0 Å². The van der Waals surface area contributed by atoms with Crippen LogP contribution in [0, 0.1) is 5.82 Å². The molecule has 0 saturated carbocycles. The lowest BCUT2D eigenvalue weighted by Crippen LogP contribution is -2.14. The Morgan fingerprint density at radius 1 is 0.955 bits per heavy atom. The van der Waals surface area contributed by atoms with Crippen LogP contribution in [0.1, 0.15) is 18.4 Å². The first-order valence-electron chi connectivity index (χ1n) is 6.88. The van der Waals surface area contributed by atoms with Gasteiger partial charge in [-0.15, -0.1) is 0 Å². The predicted octanol–water partition coefficient (Wildman–Crippen LogP) is 3.29. The van der Waals surface area contributed by atoms with E-state index < -0.39 is 5.97 Å². The number of anilines is 1. The van der Waals surface area contributed by atoms with Gasteiger partial charge in [-0.05, 0) is 29.8 Å². The summed E-state index contributed by atoms with van der Waals surface area (Å²) in [5, 5.41) is 2.69. The molecule has 2 rings (SSSR count). The van der Waals surface area contributed by atoms with E-state index in [1.165, 1.54) is 12.1 Å². The third kappa shape index (κ3) is 5.36. The highest BCUT2D eigenvalue weighted by atomic mass is 19.1. The number of para-hydroxylation sites is 1. The van der Waals surface area contributed by atoms with Gasteiger partial charge in [-0.1, -0.05) is 30.3 Å². The molecule has 0 heterocycles. The van der Waals surface area contributed by atoms with Crippen molar-refractivity contribution < 1.29 is 18.7 Å². The molecule has 0 saturated heterocycles. The molecule has 0 aliphatic heterocycles. The van der Waals surface area contributed by atoms with Crippen LogP contribution in [-0.2, 0) is 20.9 Å². The second-order valence-corrected chi connectivity index (χ2v) is 4.70. The Hall–Kier alpha value is -2.69. The third-order valence-corrected chi connectivity index (χ3v) is 2.93. The summed E-state index contributed by atoms with van der Waals surface area (Å²) in [7, 11) is 0. The standard InChI is InChI=1S/C17H16FNO3/c18-14-8-6-13(7-9-14)12-22-17(21)11-10-16(20)19-15-4-2-1-3-5-15/h1-9H,10-12H2,(H,19,20). The van der Waals surface area contributed by atoms with Crippen LogP contribution in [0.5, 0.6) is 0 Å². The van der Waals surface area contributed by atoms with Gasteiger partial charge in [-0.25, -0.2) is 4.39 Å². The van der Waals surface area contributed by atoms with Crippen LogP contribution in [-0.4, -0.2) is 11.9 Å². The molecule has 0 fully saturated rings. The molecule has 0 bridgehead atoms. The Kier molecular flexibility index (Phi) is 5.65. The molecule has 0 aliphatic rings. The fourth-order valence-corrected chi connectivity index (χ4v) is 1.78. The number of amides is 1. The van der Waals surface area contributed by atoms with Gasteiger partial charge in [-0.2, -0.15) is 0 Å². The molecule has 1 N–H and O–H groups in total. The summed E-state index contributed by atoms with van der Waals surface area (Å²) in [6.07, 6.45) is 0.0526. The SMILES string of the molecule is O=C(CCC(=O)OCc1ccc(F)cc1)Nc1ccccc1. The summed E-state index contributed by atoms with van der Waals surface area (Å²) in [5.41, 5.74) is 1.38. The van der Waals surface area contributed by atoms with Crippen LogP contribution >= 0.6 is 0 Å². The average Bonchev–Trinajstić information content (AvgIpc) is 2.53. The number of carbonyl (C=O) groups is 2. The molecule has 5 heteroatoms. The highest BCUT2D eigenvalue weighted by Crippen LogP contribution is 2.08. The average molecular weight is 301 g/mol. The lowest BCUT2D eigenvalue weighted by Gasteiger charge is -2.06. The first kappa shape index (κ1) is 15.7. The molecule has 114 valence electrons. The first-order valence-corrected chi connectivity index (χ1v) is 6.88. The van der Waals surface area contributed by atoms with Crippen molar-refractivity contribution in [1.29, 1.82) is 0 Å².